The van der Waals surface area contributed by atoms with Crippen molar-refractivity contribution in [3.8, 4) is 6.07 Å². The molecule has 2 aromatic carbocycles. The van der Waals surface area contributed by atoms with Crippen LogP contribution in [0.4, 0.5) is 5.69 Å². The van der Waals surface area contributed by atoms with E-state index in [0.717, 1.165) is 16.8 Å². The van der Waals surface area contributed by atoms with E-state index in [4.69, 9.17) is 5.26 Å². The summed E-state index contributed by atoms with van der Waals surface area (Å²) in [6.07, 6.45) is 1.53. The summed E-state index contributed by atoms with van der Waals surface area (Å²) in [5.41, 5.74) is 5.86. The number of para-hydroxylation sites is 1. The average molecular weight is 292 g/mol. The Morgan fingerprint density at radius 2 is 1.95 bits per heavy atom. The molecule has 0 unspecified atom stereocenters. The fourth-order valence-corrected chi connectivity index (χ4v) is 1.81. The van der Waals surface area contributed by atoms with Gasteiger partial charge in [0.05, 0.1) is 24.4 Å². The number of nitrogens with zero attached hydrogens (tertiary/aromatic N) is 2. The molecule has 0 radical (unpaired) electrons. The molecule has 0 aliphatic rings. The first-order valence-electron chi connectivity index (χ1n) is 6.80. The number of benzene rings is 2. The van der Waals surface area contributed by atoms with Crippen LogP contribution < -0.4 is 10.7 Å². The SMILES string of the molecule is Cc1ccccc1NCC(=O)N/N=C/c1ccc(C#N)cc1. The zero-order valence-electron chi connectivity index (χ0n) is 12.2. The van der Waals surface area contributed by atoms with Gasteiger partial charge in [0.2, 0.25) is 0 Å². The van der Waals surface area contributed by atoms with Gasteiger partial charge in [0.15, 0.2) is 0 Å². The molecule has 5 nitrogen and oxygen atoms in total. The Labute approximate surface area is 129 Å². The lowest BCUT2D eigenvalue weighted by Gasteiger charge is -2.07. The quantitative estimate of drug-likeness (QED) is 0.656. The van der Waals surface area contributed by atoms with Gasteiger partial charge in [0, 0.05) is 5.69 Å². The fraction of sp³-hybridized carbons (Fsp3) is 0.118. The van der Waals surface area contributed by atoms with Crippen LogP contribution in [0.2, 0.25) is 0 Å². The molecule has 0 fully saturated rings. The van der Waals surface area contributed by atoms with Gasteiger partial charge in [0.25, 0.3) is 5.91 Å². The lowest BCUT2D eigenvalue weighted by molar-refractivity contribution is -0.119. The van der Waals surface area contributed by atoms with Gasteiger partial charge in [-0.1, -0.05) is 30.3 Å². The van der Waals surface area contributed by atoms with Gasteiger partial charge in [-0.05, 0) is 36.2 Å². The molecule has 0 spiro atoms. The van der Waals surface area contributed by atoms with Crippen molar-refractivity contribution in [1.29, 1.82) is 5.26 Å². The van der Waals surface area contributed by atoms with Crippen LogP contribution >= 0.6 is 0 Å². The van der Waals surface area contributed by atoms with Crippen molar-refractivity contribution in [3.63, 3.8) is 0 Å². The summed E-state index contributed by atoms with van der Waals surface area (Å²) in [6.45, 7) is 2.12. The van der Waals surface area contributed by atoms with Crippen molar-refractivity contribution in [3.05, 3.63) is 65.2 Å². The Balaban J connectivity index is 1.81. The van der Waals surface area contributed by atoms with Crippen LogP contribution in [0.3, 0.4) is 0 Å². The molecule has 2 rings (SSSR count). The van der Waals surface area contributed by atoms with Gasteiger partial charge in [-0.15, -0.1) is 0 Å². The van der Waals surface area contributed by atoms with Gasteiger partial charge in [-0.25, -0.2) is 5.43 Å². The molecule has 0 saturated heterocycles. The van der Waals surface area contributed by atoms with Gasteiger partial charge in [-0.2, -0.15) is 10.4 Å². The highest BCUT2D eigenvalue weighted by Gasteiger charge is 2.01. The Hall–Kier alpha value is -3.13. The molecular formula is C17H16N4O. The molecule has 0 bridgehead atoms. The highest BCUT2D eigenvalue weighted by atomic mass is 16.2. The van der Waals surface area contributed by atoms with E-state index in [0.29, 0.717) is 5.56 Å². The van der Waals surface area contributed by atoms with Gasteiger partial charge >= 0.3 is 0 Å². The van der Waals surface area contributed by atoms with Gasteiger partial charge in [0.1, 0.15) is 0 Å². The first kappa shape index (κ1) is 15.3. The standard InChI is InChI=1S/C17H16N4O/c1-13-4-2-3-5-16(13)19-12-17(22)21-20-11-15-8-6-14(10-18)7-9-15/h2-9,11,19H,12H2,1H3,(H,21,22)/b20-11+. The summed E-state index contributed by atoms with van der Waals surface area (Å²) in [5, 5.41) is 15.6. The van der Waals surface area contributed by atoms with Crippen molar-refractivity contribution in [2.45, 2.75) is 6.92 Å². The van der Waals surface area contributed by atoms with E-state index in [2.05, 4.69) is 15.8 Å². The van der Waals surface area contributed by atoms with Crippen LogP contribution in [0, 0.1) is 18.3 Å². The molecule has 110 valence electrons. The number of hydrogen-bond donors (Lipinski definition) is 2. The molecule has 2 aromatic rings. The van der Waals surface area contributed by atoms with E-state index in [1.54, 1.807) is 24.3 Å². The van der Waals surface area contributed by atoms with E-state index >= 15 is 0 Å². The molecule has 0 heterocycles. The number of nitrogens with one attached hydrogen (secondary N) is 2. The summed E-state index contributed by atoms with van der Waals surface area (Å²) < 4.78 is 0. The Bertz CT molecular complexity index is 714. The Kier molecular flexibility index (Phi) is 5.27. The number of carbonyl (C=O) groups excluding carboxylic acids is 1. The molecule has 22 heavy (non-hydrogen) atoms. The topological polar surface area (TPSA) is 77.3 Å². The Morgan fingerprint density at radius 1 is 1.23 bits per heavy atom. The van der Waals surface area contributed by atoms with E-state index in [1.807, 2.05) is 37.3 Å². The summed E-state index contributed by atoms with van der Waals surface area (Å²) in [4.78, 5) is 11.7. The van der Waals surface area contributed by atoms with Crippen molar-refractivity contribution < 1.29 is 4.79 Å². The van der Waals surface area contributed by atoms with Gasteiger partial charge < -0.3 is 5.32 Å². The van der Waals surface area contributed by atoms with Crippen LogP contribution in [0.1, 0.15) is 16.7 Å². The zero-order valence-corrected chi connectivity index (χ0v) is 12.2. The third kappa shape index (κ3) is 4.46. The van der Waals surface area contributed by atoms with Crippen LogP contribution in [-0.2, 0) is 4.79 Å². The van der Waals surface area contributed by atoms with E-state index < -0.39 is 0 Å². The summed E-state index contributed by atoms with van der Waals surface area (Å²) in [5.74, 6) is -0.229. The number of carbonyl (C=O) groups is 1. The maximum atomic E-state index is 11.7. The molecule has 2 N–H and O–H groups in total. The number of aryl methyl sites for hydroxylation is 1. The largest absolute Gasteiger partial charge is 0.376 e. The Morgan fingerprint density at radius 3 is 2.64 bits per heavy atom. The lowest BCUT2D eigenvalue weighted by Crippen LogP contribution is -2.26. The second-order valence-electron chi connectivity index (χ2n) is 4.70. The third-order valence-electron chi connectivity index (χ3n) is 3.03. The van der Waals surface area contributed by atoms with Crippen molar-refractivity contribution in [2.24, 2.45) is 5.10 Å². The molecule has 0 aromatic heterocycles. The molecule has 0 aliphatic carbocycles. The van der Waals surface area contributed by atoms with Crippen LogP contribution in [0.15, 0.2) is 53.6 Å². The third-order valence-corrected chi connectivity index (χ3v) is 3.03. The normalized spacial score (nSPS) is 10.2. The predicted octanol–water partition coefficient (Wildman–Crippen LogP) is 2.43. The number of hydrazone groups is 1. The number of amides is 1. The first-order chi connectivity index (χ1) is 10.7. The lowest BCUT2D eigenvalue weighted by atomic mass is 10.2. The molecule has 0 atom stereocenters. The molecule has 0 aliphatic heterocycles. The van der Waals surface area contributed by atoms with Crippen molar-refractivity contribution in [1.82, 2.24) is 5.43 Å². The highest BCUT2D eigenvalue weighted by molar-refractivity contribution is 5.84. The molecule has 1 amide bonds. The molecule has 0 saturated carbocycles. The maximum absolute atomic E-state index is 11.7. The number of nitriles is 1. The van der Waals surface area contributed by atoms with Crippen LogP contribution in [0.25, 0.3) is 0 Å². The minimum absolute atomic E-state index is 0.148. The highest BCUT2D eigenvalue weighted by Crippen LogP contribution is 2.12. The minimum atomic E-state index is -0.229. The van der Waals surface area contributed by atoms with Crippen molar-refractivity contribution in [2.75, 3.05) is 11.9 Å². The number of anilines is 1. The monoisotopic (exact) mass is 292 g/mol. The zero-order chi connectivity index (χ0) is 15.8. The number of rotatable bonds is 5. The summed E-state index contributed by atoms with van der Waals surface area (Å²) in [7, 11) is 0. The summed E-state index contributed by atoms with van der Waals surface area (Å²) in [6, 6.07) is 16.7. The first-order valence-corrected chi connectivity index (χ1v) is 6.80. The van der Waals surface area contributed by atoms with Gasteiger partial charge in [-0.3, -0.25) is 4.79 Å². The predicted molar refractivity (Wildman–Crippen MR) is 86.6 cm³/mol. The molecular weight excluding hydrogens is 276 g/mol. The molecule has 5 heteroatoms. The van der Waals surface area contributed by atoms with E-state index in [9.17, 15) is 4.79 Å². The minimum Gasteiger partial charge on any atom is -0.376 e. The summed E-state index contributed by atoms with van der Waals surface area (Å²) >= 11 is 0. The van der Waals surface area contributed by atoms with Crippen molar-refractivity contribution >= 4 is 17.8 Å². The van der Waals surface area contributed by atoms with Crippen LogP contribution in [0.5, 0.6) is 0 Å². The average Bonchev–Trinajstić information content (AvgIpc) is 2.55. The second kappa shape index (κ2) is 7.60. The van der Waals surface area contributed by atoms with Crippen LogP contribution in [-0.4, -0.2) is 18.7 Å². The van der Waals surface area contributed by atoms with E-state index in [-0.39, 0.29) is 12.5 Å². The fourth-order valence-electron chi connectivity index (χ4n) is 1.81. The van der Waals surface area contributed by atoms with E-state index in [1.165, 1.54) is 6.21 Å². The maximum Gasteiger partial charge on any atom is 0.259 e. The smallest absolute Gasteiger partial charge is 0.259 e. The number of hydrogen-bond acceptors (Lipinski definition) is 4. The second-order valence-corrected chi connectivity index (χ2v) is 4.70.